The number of aliphatic hydroxyl groups is 1. The standard InChI is InChI=1S/C25H29ClFN3O3S2/c1-15(2)11-20(30-25(33)23-12-16-5-3-4-6-21(16)34-23)24(32)28-14-18(31)9-10-29-35-22-8-7-17(27)13-19(22)26/h3-8,12-13,15,18,20,29,31H,9-11,14H2,1-2H3,(H,28,32)(H,30,33). The van der Waals surface area contributed by atoms with Gasteiger partial charge in [0, 0.05) is 22.7 Å². The van der Waals surface area contributed by atoms with Gasteiger partial charge in [0.25, 0.3) is 5.91 Å². The molecule has 1 aromatic heterocycles. The van der Waals surface area contributed by atoms with Crippen molar-refractivity contribution in [2.24, 2.45) is 5.92 Å². The number of rotatable bonds is 12. The number of halogens is 2. The summed E-state index contributed by atoms with van der Waals surface area (Å²) < 4.78 is 17.2. The monoisotopic (exact) mass is 537 g/mol. The molecular formula is C25H29ClFN3O3S2. The van der Waals surface area contributed by atoms with Crippen molar-refractivity contribution in [2.45, 2.75) is 43.7 Å². The number of hydrogen-bond donors (Lipinski definition) is 4. The molecule has 4 N–H and O–H groups in total. The molecule has 3 aromatic rings. The molecule has 0 fully saturated rings. The molecule has 6 nitrogen and oxygen atoms in total. The first-order valence-electron chi connectivity index (χ1n) is 11.3. The van der Waals surface area contributed by atoms with E-state index in [0.29, 0.717) is 34.2 Å². The smallest absolute Gasteiger partial charge is 0.262 e. The number of carbonyl (C=O) groups is 2. The van der Waals surface area contributed by atoms with Crippen LogP contribution in [0.2, 0.25) is 5.02 Å². The summed E-state index contributed by atoms with van der Waals surface area (Å²) in [6.07, 6.45) is 0.0957. The number of nitrogens with one attached hydrogen (secondary N) is 3. The highest BCUT2D eigenvalue weighted by molar-refractivity contribution is 7.97. The van der Waals surface area contributed by atoms with E-state index in [0.717, 1.165) is 10.1 Å². The van der Waals surface area contributed by atoms with Gasteiger partial charge in [-0.05, 0) is 66.4 Å². The van der Waals surface area contributed by atoms with E-state index in [2.05, 4.69) is 15.4 Å². The summed E-state index contributed by atoms with van der Waals surface area (Å²) in [5, 5.41) is 17.2. The third-order valence-electron chi connectivity index (χ3n) is 5.15. The van der Waals surface area contributed by atoms with Crippen molar-refractivity contribution in [3.8, 4) is 0 Å². The SMILES string of the molecule is CC(C)CC(NC(=O)c1cc2ccccc2s1)C(=O)NCC(O)CCNSc1ccc(F)cc1Cl. The van der Waals surface area contributed by atoms with Crippen molar-refractivity contribution in [1.29, 1.82) is 0 Å². The molecule has 2 unspecified atom stereocenters. The number of hydrogen-bond acceptors (Lipinski definition) is 6. The lowest BCUT2D eigenvalue weighted by atomic mass is 10.0. The van der Waals surface area contributed by atoms with Gasteiger partial charge >= 0.3 is 0 Å². The maximum atomic E-state index is 13.1. The molecule has 10 heteroatoms. The van der Waals surface area contributed by atoms with E-state index in [1.54, 1.807) is 6.07 Å². The normalized spacial score (nSPS) is 13.1. The average Bonchev–Trinajstić information content (AvgIpc) is 3.25. The third-order valence-corrected chi connectivity index (χ3v) is 7.61. The predicted octanol–water partition coefficient (Wildman–Crippen LogP) is 5.00. The zero-order valence-electron chi connectivity index (χ0n) is 19.5. The van der Waals surface area contributed by atoms with Gasteiger partial charge in [0.1, 0.15) is 11.9 Å². The van der Waals surface area contributed by atoms with Gasteiger partial charge in [-0.15, -0.1) is 11.3 Å². The Balaban J connectivity index is 1.46. The fourth-order valence-electron chi connectivity index (χ4n) is 3.38. The van der Waals surface area contributed by atoms with Gasteiger partial charge in [0.15, 0.2) is 0 Å². The molecule has 0 spiro atoms. The Hall–Kier alpha value is -2.17. The van der Waals surface area contributed by atoms with E-state index in [9.17, 15) is 19.1 Å². The highest BCUT2D eigenvalue weighted by Crippen LogP contribution is 2.26. The van der Waals surface area contributed by atoms with Crippen LogP contribution in [0.25, 0.3) is 10.1 Å². The average molecular weight is 538 g/mol. The van der Waals surface area contributed by atoms with Crippen LogP contribution < -0.4 is 15.4 Å². The summed E-state index contributed by atoms with van der Waals surface area (Å²) in [7, 11) is 0. The van der Waals surface area contributed by atoms with Crippen LogP contribution >= 0.6 is 34.9 Å². The molecule has 0 aliphatic heterocycles. The summed E-state index contributed by atoms with van der Waals surface area (Å²) in [6, 6.07) is 13.0. The van der Waals surface area contributed by atoms with E-state index in [1.165, 1.54) is 35.4 Å². The van der Waals surface area contributed by atoms with Gasteiger partial charge in [-0.2, -0.15) is 0 Å². The van der Waals surface area contributed by atoms with Gasteiger partial charge in [0.2, 0.25) is 5.91 Å². The van der Waals surface area contributed by atoms with Gasteiger partial charge in [-0.3, -0.25) is 14.3 Å². The lowest BCUT2D eigenvalue weighted by molar-refractivity contribution is -0.123. The largest absolute Gasteiger partial charge is 0.391 e. The van der Waals surface area contributed by atoms with Crippen molar-refractivity contribution >= 4 is 56.8 Å². The molecule has 2 aromatic carbocycles. The molecule has 2 atom stereocenters. The Morgan fingerprint density at radius 1 is 1.17 bits per heavy atom. The molecule has 0 bridgehead atoms. The molecule has 188 valence electrons. The number of fused-ring (bicyclic) bond motifs is 1. The molecule has 3 rings (SSSR count). The summed E-state index contributed by atoms with van der Waals surface area (Å²) in [6.45, 7) is 4.48. The first kappa shape index (κ1) is 27.4. The van der Waals surface area contributed by atoms with Crippen LogP contribution in [0.1, 0.15) is 36.4 Å². The molecule has 0 saturated carbocycles. The molecule has 0 aliphatic carbocycles. The molecule has 0 radical (unpaired) electrons. The van der Waals surface area contributed by atoms with Gasteiger partial charge in [0.05, 0.1) is 16.0 Å². The minimum absolute atomic E-state index is 0.0653. The van der Waals surface area contributed by atoms with Gasteiger partial charge < -0.3 is 15.7 Å². The fourth-order valence-corrected chi connectivity index (χ4v) is 5.30. The summed E-state index contributed by atoms with van der Waals surface area (Å²) in [5.74, 6) is -0.819. The second-order valence-electron chi connectivity index (χ2n) is 8.56. The van der Waals surface area contributed by atoms with Crippen LogP contribution in [-0.2, 0) is 4.79 Å². The third kappa shape index (κ3) is 8.47. The van der Waals surface area contributed by atoms with Crippen LogP contribution in [-0.4, -0.2) is 42.2 Å². The summed E-state index contributed by atoms with van der Waals surface area (Å²) >= 11 is 8.62. The Morgan fingerprint density at radius 2 is 1.94 bits per heavy atom. The van der Waals surface area contributed by atoms with Crippen molar-refractivity contribution in [1.82, 2.24) is 15.4 Å². The number of benzene rings is 2. The van der Waals surface area contributed by atoms with E-state index in [-0.39, 0.29) is 24.3 Å². The maximum Gasteiger partial charge on any atom is 0.262 e. The lowest BCUT2D eigenvalue weighted by Crippen LogP contribution is -2.48. The van der Waals surface area contributed by atoms with Crippen molar-refractivity contribution in [3.05, 3.63) is 64.2 Å². The molecular weight excluding hydrogens is 509 g/mol. The van der Waals surface area contributed by atoms with Gasteiger partial charge in [-0.25, -0.2) is 4.39 Å². The number of thiophene rings is 1. The quantitative estimate of drug-likeness (QED) is 0.193. The van der Waals surface area contributed by atoms with Crippen molar-refractivity contribution < 1.29 is 19.1 Å². The number of carbonyl (C=O) groups excluding carboxylic acids is 2. The van der Waals surface area contributed by atoms with Crippen molar-refractivity contribution in [2.75, 3.05) is 13.1 Å². The zero-order chi connectivity index (χ0) is 25.4. The van der Waals surface area contributed by atoms with Crippen LogP contribution in [0.15, 0.2) is 53.4 Å². The molecule has 0 saturated heterocycles. The fraction of sp³-hybridized carbons (Fsp3) is 0.360. The van der Waals surface area contributed by atoms with Crippen LogP contribution in [0.3, 0.4) is 0 Å². The van der Waals surface area contributed by atoms with E-state index < -0.39 is 18.0 Å². The first-order valence-corrected chi connectivity index (χ1v) is 13.3. The topological polar surface area (TPSA) is 90.5 Å². The van der Waals surface area contributed by atoms with Crippen LogP contribution in [0, 0.1) is 11.7 Å². The first-order chi connectivity index (χ1) is 16.7. The minimum atomic E-state index is -0.770. The zero-order valence-corrected chi connectivity index (χ0v) is 21.9. The van der Waals surface area contributed by atoms with Gasteiger partial charge in [-0.1, -0.05) is 43.6 Å². The van der Waals surface area contributed by atoms with E-state index in [4.69, 9.17) is 11.6 Å². The summed E-state index contributed by atoms with van der Waals surface area (Å²) in [5.41, 5.74) is 0. The number of amides is 2. The van der Waals surface area contributed by atoms with E-state index >= 15 is 0 Å². The second kappa shape index (κ2) is 13.2. The minimum Gasteiger partial charge on any atom is -0.391 e. The molecule has 0 aliphatic rings. The molecule has 1 heterocycles. The number of aliphatic hydroxyl groups excluding tert-OH is 1. The second-order valence-corrected chi connectivity index (χ2v) is 11.0. The molecule has 35 heavy (non-hydrogen) atoms. The highest BCUT2D eigenvalue weighted by atomic mass is 35.5. The lowest BCUT2D eigenvalue weighted by Gasteiger charge is -2.21. The maximum absolute atomic E-state index is 13.1. The highest BCUT2D eigenvalue weighted by Gasteiger charge is 2.24. The Labute approximate surface area is 217 Å². The Morgan fingerprint density at radius 3 is 2.66 bits per heavy atom. The van der Waals surface area contributed by atoms with Crippen LogP contribution in [0.4, 0.5) is 4.39 Å². The summed E-state index contributed by atoms with van der Waals surface area (Å²) in [4.78, 5) is 26.9. The predicted molar refractivity (Wildman–Crippen MR) is 141 cm³/mol. The van der Waals surface area contributed by atoms with Crippen molar-refractivity contribution in [3.63, 3.8) is 0 Å². The Kier molecular flexibility index (Phi) is 10.4. The molecule has 2 amide bonds. The Bertz CT molecular complexity index is 1120. The van der Waals surface area contributed by atoms with E-state index in [1.807, 2.05) is 44.2 Å². The van der Waals surface area contributed by atoms with Crippen LogP contribution in [0.5, 0.6) is 0 Å².